The number of halogens is 1. The van der Waals surface area contributed by atoms with Gasteiger partial charge in [0, 0.05) is 43.2 Å². The molecular weight excluding hydrogens is 395 g/mol. The first-order valence-electron chi connectivity index (χ1n) is 10.6. The van der Waals surface area contributed by atoms with Crippen LogP contribution in [0.4, 0.5) is 10.2 Å². The molecule has 4 atom stereocenters. The normalized spacial score (nSPS) is 28.1. The number of fused-ring (bicyclic) bond motifs is 2. The van der Waals surface area contributed by atoms with E-state index in [1.54, 1.807) is 18.6 Å². The highest BCUT2D eigenvalue weighted by atomic mass is 19.1. The van der Waals surface area contributed by atoms with Crippen molar-refractivity contribution >= 4 is 5.82 Å². The lowest BCUT2D eigenvalue weighted by Crippen LogP contribution is -2.56. The fraction of sp³-hybridized carbons (Fsp3) is 0.435. The molecule has 2 aromatic heterocycles. The van der Waals surface area contributed by atoms with Crippen LogP contribution < -0.4 is 4.90 Å². The Balaban J connectivity index is 1.35. The number of aromatic nitrogens is 4. The quantitative estimate of drug-likeness (QED) is 0.695. The molecule has 3 aromatic rings. The molecule has 2 aliphatic heterocycles. The lowest BCUT2D eigenvalue weighted by molar-refractivity contribution is 0.0505. The van der Waals surface area contributed by atoms with Crippen LogP contribution >= 0.6 is 0 Å². The maximum absolute atomic E-state index is 14.6. The van der Waals surface area contributed by atoms with Crippen LogP contribution in [-0.4, -0.2) is 67.6 Å². The largest absolute Gasteiger partial charge is 0.507 e. The SMILES string of the molecule is CN(c1ccc(-c2ccc(-n3ccnc3)cc2O)nn1)[C@H]1CC2C[C@H](F)[C@](C)(C1)N2C. The summed E-state index contributed by atoms with van der Waals surface area (Å²) >= 11 is 0. The number of phenolic OH excluding ortho intramolecular Hbond substituents is 1. The maximum Gasteiger partial charge on any atom is 0.151 e. The van der Waals surface area contributed by atoms with Crippen LogP contribution in [0, 0.1) is 0 Å². The smallest absolute Gasteiger partial charge is 0.151 e. The number of piperidine rings is 1. The van der Waals surface area contributed by atoms with Crippen molar-refractivity contribution < 1.29 is 9.50 Å². The minimum Gasteiger partial charge on any atom is -0.507 e. The predicted molar refractivity (Wildman–Crippen MR) is 117 cm³/mol. The second kappa shape index (κ2) is 7.30. The van der Waals surface area contributed by atoms with E-state index in [1.165, 1.54) is 0 Å². The summed E-state index contributed by atoms with van der Waals surface area (Å²) in [6.45, 7) is 2.03. The van der Waals surface area contributed by atoms with Gasteiger partial charge >= 0.3 is 0 Å². The first-order chi connectivity index (χ1) is 14.9. The number of nitrogens with zero attached hydrogens (tertiary/aromatic N) is 6. The summed E-state index contributed by atoms with van der Waals surface area (Å²) in [4.78, 5) is 8.37. The molecule has 7 nitrogen and oxygen atoms in total. The van der Waals surface area contributed by atoms with Crippen molar-refractivity contribution in [2.24, 2.45) is 0 Å². The monoisotopic (exact) mass is 422 g/mol. The number of hydrogen-bond acceptors (Lipinski definition) is 6. The van der Waals surface area contributed by atoms with Gasteiger partial charge in [0.2, 0.25) is 0 Å². The Morgan fingerprint density at radius 3 is 2.68 bits per heavy atom. The number of aromatic hydroxyl groups is 1. The van der Waals surface area contributed by atoms with Gasteiger partial charge in [0.1, 0.15) is 11.9 Å². The van der Waals surface area contributed by atoms with Gasteiger partial charge in [-0.25, -0.2) is 9.37 Å². The molecule has 1 aromatic carbocycles. The van der Waals surface area contributed by atoms with Crippen LogP contribution in [0.25, 0.3) is 16.9 Å². The molecule has 0 saturated carbocycles. The molecule has 5 rings (SSSR count). The van der Waals surface area contributed by atoms with E-state index in [1.807, 2.05) is 56.0 Å². The van der Waals surface area contributed by atoms with Crippen LogP contribution in [0.1, 0.15) is 26.2 Å². The number of rotatable bonds is 4. The number of phenols is 1. The third kappa shape index (κ3) is 3.26. The van der Waals surface area contributed by atoms with Crippen LogP contribution in [-0.2, 0) is 0 Å². The van der Waals surface area contributed by atoms with Crippen molar-refractivity contribution in [3.63, 3.8) is 0 Å². The zero-order valence-corrected chi connectivity index (χ0v) is 18.0. The molecule has 1 N–H and O–H groups in total. The molecule has 8 heteroatoms. The molecule has 2 aliphatic rings. The van der Waals surface area contributed by atoms with Crippen LogP contribution in [0.5, 0.6) is 5.75 Å². The fourth-order valence-electron chi connectivity index (χ4n) is 5.14. The fourth-order valence-corrected chi connectivity index (χ4v) is 5.14. The zero-order valence-electron chi connectivity index (χ0n) is 18.0. The third-order valence-corrected chi connectivity index (χ3v) is 7.32. The van der Waals surface area contributed by atoms with Gasteiger partial charge in [0.25, 0.3) is 0 Å². The van der Waals surface area contributed by atoms with Crippen LogP contribution in [0.15, 0.2) is 49.1 Å². The molecule has 2 saturated heterocycles. The van der Waals surface area contributed by atoms with Crippen molar-refractivity contribution in [1.82, 2.24) is 24.6 Å². The molecule has 0 aliphatic carbocycles. The molecule has 0 amide bonds. The minimum atomic E-state index is -0.789. The van der Waals surface area contributed by atoms with E-state index in [-0.39, 0.29) is 17.8 Å². The molecule has 2 bridgehead atoms. The first kappa shape index (κ1) is 19.9. The summed E-state index contributed by atoms with van der Waals surface area (Å²) in [5.74, 6) is 0.890. The molecule has 4 heterocycles. The van der Waals surface area contributed by atoms with E-state index in [0.717, 1.165) is 24.3 Å². The Kier molecular flexibility index (Phi) is 4.69. The molecule has 2 fully saturated rings. The average Bonchev–Trinajstić information content (AvgIpc) is 3.34. The van der Waals surface area contributed by atoms with Crippen molar-refractivity contribution in [1.29, 1.82) is 0 Å². The molecule has 0 radical (unpaired) electrons. The summed E-state index contributed by atoms with van der Waals surface area (Å²) < 4.78 is 16.5. The van der Waals surface area contributed by atoms with E-state index in [0.29, 0.717) is 17.7 Å². The number of anilines is 1. The second-order valence-electron chi connectivity index (χ2n) is 8.98. The molecule has 0 spiro atoms. The van der Waals surface area contributed by atoms with Gasteiger partial charge in [-0.15, -0.1) is 10.2 Å². The number of hydrogen-bond donors (Lipinski definition) is 1. The number of benzene rings is 1. The zero-order chi connectivity index (χ0) is 21.8. The van der Waals surface area contributed by atoms with Gasteiger partial charge in [-0.05, 0) is 57.5 Å². The summed E-state index contributed by atoms with van der Waals surface area (Å²) in [6.07, 6.45) is 6.69. The Labute approximate surface area is 181 Å². The van der Waals surface area contributed by atoms with Crippen molar-refractivity contribution in [3.8, 4) is 22.7 Å². The van der Waals surface area contributed by atoms with Gasteiger partial charge in [-0.1, -0.05) is 0 Å². The van der Waals surface area contributed by atoms with Crippen molar-refractivity contribution in [2.75, 3.05) is 19.0 Å². The van der Waals surface area contributed by atoms with Crippen molar-refractivity contribution in [2.45, 2.75) is 50.0 Å². The maximum atomic E-state index is 14.6. The highest BCUT2D eigenvalue weighted by Crippen LogP contribution is 2.46. The average molecular weight is 423 g/mol. The van der Waals surface area contributed by atoms with Crippen LogP contribution in [0.2, 0.25) is 0 Å². The summed E-state index contributed by atoms with van der Waals surface area (Å²) in [5.41, 5.74) is 1.62. The first-order valence-corrected chi connectivity index (χ1v) is 10.6. The number of alkyl halides is 1. The van der Waals surface area contributed by atoms with Crippen LogP contribution in [0.3, 0.4) is 0 Å². The van der Waals surface area contributed by atoms with Gasteiger partial charge < -0.3 is 14.6 Å². The molecule has 162 valence electrons. The third-order valence-electron chi connectivity index (χ3n) is 7.32. The Hall–Kier alpha value is -3.00. The number of imidazole rings is 1. The highest BCUT2D eigenvalue weighted by Gasteiger charge is 2.54. The van der Waals surface area contributed by atoms with Gasteiger partial charge in [0.05, 0.1) is 23.2 Å². The summed E-state index contributed by atoms with van der Waals surface area (Å²) in [5, 5.41) is 19.3. The van der Waals surface area contributed by atoms with Gasteiger partial charge in [0.15, 0.2) is 5.82 Å². The van der Waals surface area contributed by atoms with E-state index in [9.17, 15) is 9.50 Å². The standard InChI is InChI=1S/C23H27FN6O/c1-23-13-17(10-16(29(23)3)12-21(23)24)28(2)22-7-6-19(26-27-22)18-5-4-15(11-20(18)31)30-9-8-25-14-30/h4-9,11,14,16-17,21,31H,10,12-13H2,1-3H3/t16?,17-,21-,23-/m0/s1. The van der Waals surface area contributed by atoms with Crippen molar-refractivity contribution in [3.05, 3.63) is 49.1 Å². The Bertz CT molecular complexity index is 1070. The highest BCUT2D eigenvalue weighted by molar-refractivity contribution is 5.69. The summed E-state index contributed by atoms with van der Waals surface area (Å²) in [7, 11) is 4.05. The Morgan fingerprint density at radius 1 is 1.19 bits per heavy atom. The van der Waals surface area contributed by atoms with E-state index in [2.05, 4.69) is 25.0 Å². The Morgan fingerprint density at radius 2 is 2.03 bits per heavy atom. The molecule has 31 heavy (non-hydrogen) atoms. The lowest BCUT2D eigenvalue weighted by Gasteiger charge is -2.46. The summed E-state index contributed by atoms with van der Waals surface area (Å²) in [6, 6.07) is 9.68. The predicted octanol–water partition coefficient (Wildman–Crippen LogP) is 3.43. The molecular formula is C23H27FN6O. The van der Waals surface area contributed by atoms with E-state index in [4.69, 9.17) is 0 Å². The van der Waals surface area contributed by atoms with E-state index >= 15 is 0 Å². The second-order valence-corrected chi connectivity index (χ2v) is 8.98. The van der Waals surface area contributed by atoms with Gasteiger partial charge in [-0.3, -0.25) is 4.90 Å². The van der Waals surface area contributed by atoms with E-state index < -0.39 is 11.7 Å². The molecule has 1 unspecified atom stereocenters. The van der Waals surface area contributed by atoms with Gasteiger partial charge in [-0.2, -0.15) is 0 Å². The minimum absolute atomic E-state index is 0.135. The topological polar surface area (TPSA) is 70.3 Å². The lowest BCUT2D eigenvalue weighted by atomic mass is 9.86.